The molecular formula is C25H37N3O4. The Balaban J connectivity index is 1.88. The first kappa shape index (κ1) is 24.5. The molecule has 2 aliphatic rings. The molecule has 1 aliphatic heterocycles. The van der Waals surface area contributed by atoms with Crippen LogP contribution >= 0.6 is 0 Å². The topological polar surface area (TPSA) is 86.1 Å². The Morgan fingerprint density at radius 2 is 2.03 bits per heavy atom. The molecule has 1 saturated carbocycles. The van der Waals surface area contributed by atoms with Gasteiger partial charge in [-0.1, -0.05) is 31.6 Å². The molecule has 7 nitrogen and oxygen atoms in total. The molecule has 176 valence electrons. The third-order valence-corrected chi connectivity index (χ3v) is 6.48. The highest BCUT2D eigenvalue weighted by Gasteiger charge is 2.34. The number of carbonyl (C=O) groups is 1. The van der Waals surface area contributed by atoms with Crippen molar-refractivity contribution >= 4 is 5.91 Å². The molecule has 2 N–H and O–H groups in total. The number of likely N-dealkylation sites (N-methyl/N-ethyl adjacent to an activating group) is 1. The second-order valence-corrected chi connectivity index (χ2v) is 9.52. The highest BCUT2D eigenvalue weighted by Crippen LogP contribution is 2.29. The summed E-state index contributed by atoms with van der Waals surface area (Å²) in [5.41, 5.74) is 0.889. The van der Waals surface area contributed by atoms with Crippen molar-refractivity contribution in [1.29, 1.82) is 0 Å². The summed E-state index contributed by atoms with van der Waals surface area (Å²) >= 11 is 0. The van der Waals surface area contributed by atoms with E-state index in [-0.39, 0.29) is 30.6 Å². The van der Waals surface area contributed by atoms with Crippen LogP contribution in [0.1, 0.15) is 62.4 Å². The van der Waals surface area contributed by atoms with Crippen molar-refractivity contribution in [3.05, 3.63) is 23.4 Å². The van der Waals surface area contributed by atoms with Crippen LogP contribution in [-0.4, -0.2) is 82.4 Å². The van der Waals surface area contributed by atoms with Crippen LogP contribution in [0.4, 0.5) is 0 Å². The number of aromatic nitrogens is 1. The molecule has 0 saturated heterocycles. The molecule has 0 radical (unpaired) electrons. The number of amides is 1. The number of aliphatic hydroxyl groups excluding tert-OH is 2. The summed E-state index contributed by atoms with van der Waals surface area (Å²) in [7, 11) is 2.13. The van der Waals surface area contributed by atoms with E-state index in [1.165, 1.54) is 25.7 Å². The molecule has 7 heteroatoms. The van der Waals surface area contributed by atoms with Gasteiger partial charge in [0.05, 0.1) is 12.6 Å². The van der Waals surface area contributed by atoms with E-state index >= 15 is 0 Å². The van der Waals surface area contributed by atoms with E-state index in [9.17, 15) is 15.0 Å². The van der Waals surface area contributed by atoms with Gasteiger partial charge in [0.25, 0.3) is 5.91 Å². The smallest absolute Gasteiger partial charge is 0.259 e. The number of fused-ring (bicyclic) bond motifs is 1. The molecule has 2 heterocycles. The van der Waals surface area contributed by atoms with Gasteiger partial charge in [0.15, 0.2) is 0 Å². The van der Waals surface area contributed by atoms with Crippen molar-refractivity contribution < 1.29 is 19.7 Å². The average molecular weight is 444 g/mol. The first-order valence-corrected chi connectivity index (χ1v) is 11.7. The standard InChI is InChI=1S/C25H37N3O4/c1-17-13-28(18(2)16-29)25(31)22-11-21(10-9-19(3)30)12-26-24(22)32-23(17)15-27(4)14-20-7-5-6-8-20/h11-12,17-20,23,29-30H,5-8,13-16H2,1-4H3/t17-,18+,19-,23+/m1/s1. The quantitative estimate of drug-likeness (QED) is 0.656. The Labute approximate surface area is 191 Å². The van der Waals surface area contributed by atoms with Gasteiger partial charge in [-0.25, -0.2) is 4.98 Å². The van der Waals surface area contributed by atoms with E-state index in [4.69, 9.17) is 4.74 Å². The molecule has 0 unspecified atom stereocenters. The van der Waals surface area contributed by atoms with Crippen LogP contribution in [0.15, 0.2) is 12.3 Å². The van der Waals surface area contributed by atoms with E-state index in [0.717, 1.165) is 19.0 Å². The normalized spacial score (nSPS) is 23.6. The summed E-state index contributed by atoms with van der Waals surface area (Å²) in [6, 6.07) is 1.35. The Morgan fingerprint density at radius 3 is 2.69 bits per heavy atom. The van der Waals surface area contributed by atoms with Gasteiger partial charge in [0, 0.05) is 37.3 Å². The number of nitrogens with zero attached hydrogens (tertiary/aromatic N) is 3. The van der Waals surface area contributed by atoms with Crippen LogP contribution < -0.4 is 4.74 Å². The number of carbonyl (C=O) groups excluding carboxylic acids is 1. The second-order valence-electron chi connectivity index (χ2n) is 9.52. The Hall–Kier alpha value is -2.14. The van der Waals surface area contributed by atoms with Gasteiger partial charge in [-0.2, -0.15) is 0 Å². The molecule has 3 rings (SSSR count). The van der Waals surface area contributed by atoms with Gasteiger partial charge < -0.3 is 24.7 Å². The fourth-order valence-corrected chi connectivity index (χ4v) is 4.59. The molecule has 1 amide bonds. The molecule has 1 fully saturated rings. The zero-order valence-corrected chi connectivity index (χ0v) is 19.8. The molecule has 32 heavy (non-hydrogen) atoms. The first-order chi connectivity index (χ1) is 15.3. The van der Waals surface area contributed by atoms with Gasteiger partial charge in [-0.3, -0.25) is 4.79 Å². The zero-order valence-electron chi connectivity index (χ0n) is 19.8. The molecule has 0 aromatic carbocycles. The lowest BCUT2D eigenvalue weighted by Crippen LogP contribution is -2.50. The molecule has 0 bridgehead atoms. The van der Waals surface area contributed by atoms with Crippen molar-refractivity contribution in [1.82, 2.24) is 14.8 Å². The van der Waals surface area contributed by atoms with E-state index in [1.807, 2.05) is 6.92 Å². The van der Waals surface area contributed by atoms with E-state index in [1.54, 1.807) is 24.1 Å². The first-order valence-electron chi connectivity index (χ1n) is 11.7. The third kappa shape index (κ3) is 6.22. The average Bonchev–Trinajstić information content (AvgIpc) is 3.27. The molecule has 1 aliphatic carbocycles. The van der Waals surface area contributed by atoms with Crippen LogP contribution in [0.25, 0.3) is 0 Å². The monoisotopic (exact) mass is 443 g/mol. The number of aliphatic hydroxyl groups is 2. The maximum absolute atomic E-state index is 13.4. The minimum absolute atomic E-state index is 0.0728. The maximum Gasteiger partial charge on any atom is 0.259 e. The van der Waals surface area contributed by atoms with Gasteiger partial charge >= 0.3 is 0 Å². The SMILES string of the molecule is C[C@@H]1CN([C@@H](C)CO)C(=O)c2cc(C#C[C@@H](C)O)cnc2O[C@H]1CN(C)CC1CCCC1. The van der Waals surface area contributed by atoms with Gasteiger partial charge in [-0.15, -0.1) is 0 Å². The Morgan fingerprint density at radius 1 is 1.31 bits per heavy atom. The minimum Gasteiger partial charge on any atom is -0.472 e. The highest BCUT2D eigenvalue weighted by molar-refractivity contribution is 5.97. The second kappa shape index (κ2) is 11.1. The third-order valence-electron chi connectivity index (χ3n) is 6.48. The van der Waals surface area contributed by atoms with Gasteiger partial charge in [0.2, 0.25) is 5.88 Å². The molecule has 4 atom stereocenters. The van der Waals surface area contributed by atoms with Gasteiger partial charge in [-0.05, 0) is 45.7 Å². The summed E-state index contributed by atoms with van der Waals surface area (Å²) in [6.45, 7) is 7.70. The minimum atomic E-state index is -0.768. The van der Waals surface area contributed by atoms with Crippen LogP contribution in [0.3, 0.4) is 0 Å². The van der Waals surface area contributed by atoms with Crippen molar-refractivity contribution in [3.63, 3.8) is 0 Å². The number of pyridine rings is 1. The fraction of sp³-hybridized carbons (Fsp3) is 0.680. The molecule has 0 spiro atoms. The van der Waals surface area contributed by atoms with Crippen molar-refractivity contribution in [3.8, 4) is 17.7 Å². The molecule has 1 aromatic rings. The summed E-state index contributed by atoms with van der Waals surface area (Å²) in [6.07, 6.45) is 5.90. The summed E-state index contributed by atoms with van der Waals surface area (Å²) in [5, 5.41) is 19.2. The summed E-state index contributed by atoms with van der Waals surface area (Å²) in [4.78, 5) is 21.8. The number of hydrogen-bond acceptors (Lipinski definition) is 6. The van der Waals surface area contributed by atoms with Crippen LogP contribution in [0, 0.1) is 23.7 Å². The lowest BCUT2D eigenvalue weighted by atomic mass is 9.99. The van der Waals surface area contributed by atoms with Crippen LogP contribution in [0.2, 0.25) is 0 Å². The van der Waals surface area contributed by atoms with Crippen molar-refractivity contribution in [2.24, 2.45) is 11.8 Å². The summed E-state index contributed by atoms with van der Waals surface area (Å²) in [5.74, 6) is 6.44. The van der Waals surface area contributed by atoms with Crippen molar-refractivity contribution in [2.45, 2.75) is 64.7 Å². The zero-order chi connectivity index (χ0) is 23.3. The lowest BCUT2D eigenvalue weighted by Gasteiger charge is -2.38. The predicted octanol–water partition coefficient (Wildman–Crippen LogP) is 2.16. The number of hydrogen-bond donors (Lipinski definition) is 2. The van der Waals surface area contributed by atoms with Crippen LogP contribution in [-0.2, 0) is 0 Å². The lowest BCUT2D eigenvalue weighted by molar-refractivity contribution is 0.0320. The summed E-state index contributed by atoms with van der Waals surface area (Å²) < 4.78 is 6.34. The fourth-order valence-electron chi connectivity index (χ4n) is 4.59. The van der Waals surface area contributed by atoms with Gasteiger partial charge in [0.1, 0.15) is 17.8 Å². The largest absolute Gasteiger partial charge is 0.472 e. The molecule has 1 aromatic heterocycles. The number of rotatable bonds is 6. The maximum atomic E-state index is 13.4. The number of ether oxygens (including phenoxy) is 1. The Kier molecular flexibility index (Phi) is 8.52. The van der Waals surface area contributed by atoms with E-state index in [2.05, 4.69) is 35.7 Å². The molecular weight excluding hydrogens is 406 g/mol. The van der Waals surface area contributed by atoms with Crippen molar-refractivity contribution in [2.75, 3.05) is 33.3 Å². The predicted molar refractivity (Wildman–Crippen MR) is 123 cm³/mol. The van der Waals surface area contributed by atoms with E-state index < -0.39 is 6.10 Å². The highest BCUT2D eigenvalue weighted by atomic mass is 16.5. The van der Waals surface area contributed by atoms with Crippen LogP contribution in [0.5, 0.6) is 5.88 Å². The Bertz CT molecular complexity index is 841. The van der Waals surface area contributed by atoms with E-state index in [0.29, 0.717) is 23.6 Å².